The first kappa shape index (κ1) is 27.8. The van der Waals surface area contributed by atoms with Crippen LogP contribution in [0.2, 0.25) is 0 Å². The van der Waals surface area contributed by atoms with Gasteiger partial charge >= 0.3 is 11.9 Å². The zero-order valence-electron chi connectivity index (χ0n) is 21.1. The summed E-state index contributed by atoms with van der Waals surface area (Å²) in [4.78, 5) is 46.2. The van der Waals surface area contributed by atoms with Crippen LogP contribution in [-0.2, 0) is 10.8 Å². The third-order valence-electron chi connectivity index (χ3n) is 5.75. The Morgan fingerprint density at radius 3 is 1.27 bits per heavy atom. The van der Waals surface area contributed by atoms with E-state index in [-0.39, 0.29) is 34.0 Å². The van der Waals surface area contributed by atoms with E-state index in [1.54, 1.807) is 38.1 Å². The number of rotatable bonds is 8. The summed E-state index contributed by atoms with van der Waals surface area (Å²) in [6.45, 7) is 3.37. The second kappa shape index (κ2) is 11.7. The number of hydrogen-bond donors (Lipinski definition) is 0. The molecule has 0 fully saturated rings. The number of carbonyl (C=O) groups excluding carboxylic acids is 2. The second-order valence-electron chi connectivity index (χ2n) is 8.51. The van der Waals surface area contributed by atoms with Crippen molar-refractivity contribution in [2.75, 3.05) is 0 Å². The van der Waals surface area contributed by atoms with Gasteiger partial charge in [0.05, 0.1) is 31.8 Å². The predicted octanol–water partition coefficient (Wildman–Crippen LogP) is 5.72. The molecular weight excluding hydrogens is 540 g/mol. The molecule has 0 aliphatic heterocycles. The van der Waals surface area contributed by atoms with Gasteiger partial charge in [-0.15, -0.1) is 0 Å². The van der Waals surface area contributed by atoms with Crippen molar-refractivity contribution >= 4 is 34.1 Å². The molecule has 0 unspecified atom stereocenters. The van der Waals surface area contributed by atoms with Crippen molar-refractivity contribution in [3.8, 4) is 11.5 Å². The molecule has 4 rings (SSSR count). The fourth-order valence-corrected chi connectivity index (χ4v) is 4.82. The van der Waals surface area contributed by atoms with E-state index in [1.807, 2.05) is 0 Å². The monoisotopic (exact) mass is 560 g/mol. The number of hydrogen-bond acceptors (Lipinski definition) is 9. The summed E-state index contributed by atoms with van der Waals surface area (Å²) < 4.78 is 24.0. The molecule has 0 saturated heterocycles. The van der Waals surface area contributed by atoms with Gasteiger partial charge in [0, 0.05) is 34.1 Å². The number of aryl methyl sites for hydroxylation is 2. The molecule has 0 heterocycles. The molecule has 0 aliphatic carbocycles. The molecule has 0 saturated carbocycles. The maximum Gasteiger partial charge on any atom is 0.343 e. The Hall–Kier alpha value is -5.23. The Balaban J connectivity index is 1.44. The van der Waals surface area contributed by atoms with Crippen LogP contribution >= 0.6 is 0 Å². The van der Waals surface area contributed by atoms with E-state index in [0.29, 0.717) is 20.9 Å². The molecule has 40 heavy (non-hydrogen) atoms. The number of non-ortho nitro benzene ring substituents is 2. The van der Waals surface area contributed by atoms with Gasteiger partial charge < -0.3 is 9.47 Å². The maximum atomic E-state index is 13.2. The molecule has 0 N–H and O–H groups in total. The highest BCUT2D eigenvalue weighted by Gasteiger charge is 2.17. The maximum absolute atomic E-state index is 13.2. The minimum atomic E-state index is -1.60. The van der Waals surface area contributed by atoms with Crippen molar-refractivity contribution in [3.05, 3.63) is 127 Å². The SMILES string of the molecule is Cc1cc(S(=O)c2ccc(OC(=O)c3ccc([N+](=O)[O-])cc3)c(C)c2)ccc1OC(=O)c1ccc([N+](=O)[O-])cc1. The molecule has 12 heteroatoms. The lowest BCUT2D eigenvalue weighted by Gasteiger charge is -2.11. The zero-order chi connectivity index (χ0) is 29.0. The highest BCUT2D eigenvalue weighted by Crippen LogP contribution is 2.28. The van der Waals surface area contributed by atoms with Gasteiger partial charge in [-0.25, -0.2) is 13.8 Å². The van der Waals surface area contributed by atoms with Crippen LogP contribution in [0.1, 0.15) is 31.8 Å². The third kappa shape index (κ3) is 6.25. The quantitative estimate of drug-likeness (QED) is 0.114. The van der Waals surface area contributed by atoms with Crippen molar-refractivity contribution in [2.45, 2.75) is 23.6 Å². The fraction of sp³-hybridized carbons (Fsp3) is 0.0714. The first-order valence-corrected chi connectivity index (χ1v) is 12.7. The molecule has 11 nitrogen and oxygen atoms in total. The van der Waals surface area contributed by atoms with E-state index in [9.17, 15) is 34.0 Å². The fourth-order valence-electron chi connectivity index (χ4n) is 3.60. The first-order valence-electron chi connectivity index (χ1n) is 11.6. The molecule has 0 atom stereocenters. The Kier molecular flexibility index (Phi) is 8.10. The van der Waals surface area contributed by atoms with Crippen LogP contribution in [0, 0.1) is 34.1 Å². The van der Waals surface area contributed by atoms with Crippen molar-refractivity contribution < 1.29 is 33.1 Å². The zero-order valence-corrected chi connectivity index (χ0v) is 21.9. The van der Waals surface area contributed by atoms with Gasteiger partial charge in [-0.05, 0) is 85.6 Å². The van der Waals surface area contributed by atoms with Crippen LogP contribution in [-0.4, -0.2) is 26.0 Å². The minimum Gasteiger partial charge on any atom is -0.423 e. The van der Waals surface area contributed by atoms with Crippen LogP contribution in [0.4, 0.5) is 11.4 Å². The van der Waals surface area contributed by atoms with Gasteiger partial charge in [-0.1, -0.05) is 0 Å². The molecule has 0 bridgehead atoms. The number of nitro benzene ring substituents is 2. The lowest BCUT2D eigenvalue weighted by Crippen LogP contribution is -2.10. The van der Waals surface area contributed by atoms with Crippen molar-refractivity contribution in [1.82, 2.24) is 0 Å². The minimum absolute atomic E-state index is 0.141. The van der Waals surface area contributed by atoms with Gasteiger partial charge in [-0.2, -0.15) is 0 Å². The van der Waals surface area contributed by atoms with Gasteiger partial charge in [0.2, 0.25) is 0 Å². The van der Waals surface area contributed by atoms with E-state index < -0.39 is 32.6 Å². The molecule has 0 aliphatic rings. The number of nitrogens with zero attached hydrogens (tertiary/aromatic N) is 2. The smallest absolute Gasteiger partial charge is 0.343 e. The number of carbonyl (C=O) groups is 2. The van der Waals surface area contributed by atoms with E-state index in [0.717, 1.165) is 0 Å². The topological polar surface area (TPSA) is 156 Å². The van der Waals surface area contributed by atoms with Crippen LogP contribution in [0.15, 0.2) is 94.7 Å². The molecule has 4 aromatic rings. The van der Waals surface area contributed by atoms with E-state index in [4.69, 9.17) is 9.47 Å². The summed E-state index contributed by atoms with van der Waals surface area (Å²) in [5.41, 5.74) is 1.08. The van der Waals surface area contributed by atoms with E-state index in [2.05, 4.69) is 0 Å². The highest BCUT2D eigenvalue weighted by atomic mass is 32.2. The van der Waals surface area contributed by atoms with Gasteiger partial charge in [0.15, 0.2) is 0 Å². The molecule has 0 aromatic heterocycles. The summed E-state index contributed by atoms with van der Waals surface area (Å²) in [5, 5.41) is 21.6. The van der Waals surface area contributed by atoms with Crippen molar-refractivity contribution in [2.24, 2.45) is 0 Å². The highest BCUT2D eigenvalue weighted by molar-refractivity contribution is 7.85. The van der Waals surface area contributed by atoms with Crippen LogP contribution in [0.5, 0.6) is 11.5 Å². The molecule has 0 spiro atoms. The third-order valence-corrected chi connectivity index (χ3v) is 7.12. The van der Waals surface area contributed by atoms with Gasteiger partial charge in [-0.3, -0.25) is 20.2 Å². The van der Waals surface area contributed by atoms with Gasteiger partial charge in [0.1, 0.15) is 11.5 Å². The summed E-state index contributed by atoms with van der Waals surface area (Å²) in [7, 11) is -1.60. The molecular formula is C28H20N2O9S. The number of benzene rings is 4. The standard InChI is InChI=1S/C28H20N2O9S/c1-17-15-23(11-13-25(17)38-27(31)19-3-7-21(8-4-19)29(33)34)40(37)24-12-14-26(18(2)16-24)39-28(32)20-5-9-22(10-6-20)30(35)36/h3-16H,1-2H3. The normalized spacial score (nSPS) is 10.7. The van der Waals surface area contributed by atoms with Crippen LogP contribution in [0.3, 0.4) is 0 Å². The number of ether oxygens (including phenoxy) is 2. The largest absolute Gasteiger partial charge is 0.423 e. The Labute approximate surface area is 229 Å². The van der Waals surface area contributed by atoms with Gasteiger partial charge in [0.25, 0.3) is 11.4 Å². The van der Waals surface area contributed by atoms with Crippen LogP contribution in [0.25, 0.3) is 0 Å². The van der Waals surface area contributed by atoms with Crippen molar-refractivity contribution in [1.29, 1.82) is 0 Å². The van der Waals surface area contributed by atoms with Crippen LogP contribution < -0.4 is 9.47 Å². The van der Waals surface area contributed by atoms with E-state index in [1.165, 1.54) is 60.7 Å². The Morgan fingerprint density at radius 1 is 0.625 bits per heavy atom. The van der Waals surface area contributed by atoms with Crippen molar-refractivity contribution in [3.63, 3.8) is 0 Å². The Bertz CT molecular complexity index is 1540. The summed E-state index contributed by atoms with van der Waals surface area (Å²) in [5.74, 6) is -0.898. The predicted molar refractivity (Wildman–Crippen MR) is 143 cm³/mol. The lowest BCUT2D eigenvalue weighted by atomic mass is 10.2. The summed E-state index contributed by atoms with van der Waals surface area (Å²) in [6.07, 6.45) is 0. The van der Waals surface area contributed by atoms with E-state index >= 15 is 0 Å². The number of esters is 2. The molecule has 4 aromatic carbocycles. The molecule has 0 amide bonds. The molecule has 0 radical (unpaired) electrons. The number of nitro groups is 2. The summed E-state index contributed by atoms with van der Waals surface area (Å²) in [6, 6.07) is 19.4. The summed E-state index contributed by atoms with van der Waals surface area (Å²) >= 11 is 0. The average molecular weight is 561 g/mol. The Morgan fingerprint density at radius 2 is 0.975 bits per heavy atom. The lowest BCUT2D eigenvalue weighted by molar-refractivity contribution is -0.385. The first-order chi connectivity index (χ1) is 19.0. The molecule has 202 valence electrons. The average Bonchev–Trinajstić information content (AvgIpc) is 2.94. The second-order valence-corrected chi connectivity index (χ2v) is 9.99.